The van der Waals surface area contributed by atoms with Gasteiger partial charge in [-0.3, -0.25) is 9.71 Å². The fourth-order valence-electron chi connectivity index (χ4n) is 3.98. The van der Waals surface area contributed by atoms with E-state index in [1.807, 2.05) is 18.2 Å². The first-order chi connectivity index (χ1) is 19.4. The lowest BCUT2D eigenvalue weighted by Crippen LogP contribution is -2.23. The summed E-state index contributed by atoms with van der Waals surface area (Å²) in [6.07, 6.45) is 3.38. The van der Waals surface area contributed by atoms with Gasteiger partial charge in [-0.05, 0) is 79.2 Å². The summed E-state index contributed by atoms with van der Waals surface area (Å²) in [5.74, 6) is 0.00148. The molecule has 0 radical (unpaired) electrons. The Morgan fingerprint density at radius 2 is 1.75 bits per heavy atom. The molecule has 0 spiro atoms. The number of hydrogen-bond donors (Lipinski definition) is 3. The van der Waals surface area contributed by atoms with Crippen molar-refractivity contribution in [3.63, 3.8) is 0 Å². The Kier molecular flexibility index (Phi) is 8.25. The first kappa shape index (κ1) is 27.1. The van der Waals surface area contributed by atoms with Gasteiger partial charge in [0.15, 0.2) is 0 Å². The molecule has 5 aromatic rings. The number of sulfonamides is 1. The van der Waals surface area contributed by atoms with Gasteiger partial charge in [0.2, 0.25) is 5.82 Å². The zero-order valence-corrected chi connectivity index (χ0v) is 22.1. The van der Waals surface area contributed by atoms with Crippen molar-refractivity contribution in [2.45, 2.75) is 17.4 Å². The van der Waals surface area contributed by atoms with Crippen molar-refractivity contribution in [2.75, 3.05) is 17.8 Å². The first-order valence-corrected chi connectivity index (χ1v) is 14.0. The second-order valence-corrected chi connectivity index (χ2v) is 10.7. The smallest absolute Gasteiger partial charge is 0.261 e. The molecule has 0 fully saturated rings. The van der Waals surface area contributed by atoms with Gasteiger partial charge in [0.25, 0.3) is 15.9 Å². The number of anilines is 1. The Balaban J connectivity index is 1.15. The molecule has 40 heavy (non-hydrogen) atoms. The number of halogens is 1. The van der Waals surface area contributed by atoms with Crippen LogP contribution in [0.4, 0.5) is 10.1 Å². The summed E-state index contributed by atoms with van der Waals surface area (Å²) in [7, 11) is -3.83. The molecule has 0 aliphatic heterocycles. The lowest BCUT2D eigenvalue weighted by molar-refractivity contribution is 0.174. The van der Waals surface area contributed by atoms with Gasteiger partial charge in [-0.25, -0.2) is 12.8 Å². The maximum absolute atomic E-state index is 13.5. The number of aliphatic hydroxyl groups is 1. The third-order valence-electron chi connectivity index (χ3n) is 6.12. The third-order valence-corrected chi connectivity index (χ3v) is 7.52. The van der Waals surface area contributed by atoms with Crippen molar-refractivity contribution in [2.24, 2.45) is 0 Å². The molecule has 5 rings (SSSR count). The van der Waals surface area contributed by atoms with Crippen LogP contribution in [0.5, 0.6) is 0 Å². The first-order valence-electron chi connectivity index (χ1n) is 12.5. The Morgan fingerprint density at radius 1 is 0.950 bits per heavy atom. The van der Waals surface area contributed by atoms with Crippen LogP contribution in [0.1, 0.15) is 17.2 Å². The largest absolute Gasteiger partial charge is 0.387 e. The van der Waals surface area contributed by atoms with Crippen molar-refractivity contribution < 1.29 is 22.4 Å². The van der Waals surface area contributed by atoms with Crippen LogP contribution in [0.15, 0.2) is 107 Å². The molecule has 2 aromatic heterocycles. The summed E-state index contributed by atoms with van der Waals surface area (Å²) in [5, 5.41) is 17.3. The van der Waals surface area contributed by atoms with E-state index in [0.717, 1.165) is 11.1 Å². The van der Waals surface area contributed by atoms with E-state index in [0.29, 0.717) is 36.3 Å². The summed E-state index contributed by atoms with van der Waals surface area (Å²) >= 11 is 0. The molecule has 204 valence electrons. The van der Waals surface area contributed by atoms with Gasteiger partial charge in [0.05, 0.1) is 11.0 Å². The number of hydrogen-bond acceptors (Lipinski definition) is 8. The fraction of sp³-hybridized carbons (Fsp3) is 0.138. The van der Waals surface area contributed by atoms with E-state index < -0.39 is 21.9 Å². The van der Waals surface area contributed by atoms with Crippen LogP contribution in [0, 0.1) is 5.82 Å². The minimum atomic E-state index is -3.83. The maximum Gasteiger partial charge on any atom is 0.261 e. The molecule has 1 unspecified atom stereocenters. The normalized spacial score (nSPS) is 12.2. The number of aliphatic hydroxyl groups excluding tert-OH is 1. The number of nitrogens with one attached hydrogen (secondary N) is 2. The van der Waals surface area contributed by atoms with Crippen molar-refractivity contribution >= 4 is 15.7 Å². The maximum atomic E-state index is 13.5. The van der Waals surface area contributed by atoms with Gasteiger partial charge in [-0.15, -0.1) is 0 Å². The highest BCUT2D eigenvalue weighted by molar-refractivity contribution is 7.92. The van der Waals surface area contributed by atoms with E-state index in [-0.39, 0.29) is 16.6 Å². The third kappa shape index (κ3) is 6.75. The summed E-state index contributed by atoms with van der Waals surface area (Å²) < 4.78 is 47.1. The Hall–Kier alpha value is -4.45. The number of aromatic nitrogens is 3. The second-order valence-electron chi connectivity index (χ2n) is 9.02. The molecule has 3 aromatic carbocycles. The molecule has 1 atom stereocenters. The van der Waals surface area contributed by atoms with Gasteiger partial charge >= 0.3 is 0 Å². The van der Waals surface area contributed by atoms with Gasteiger partial charge in [0.1, 0.15) is 5.82 Å². The minimum absolute atomic E-state index is 0.0746. The Morgan fingerprint density at radius 3 is 2.48 bits per heavy atom. The van der Waals surface area contributed by atoms with E-state index in [4.69, 9.17) is 4.52 Å². The highest BCUT2D eigenvalue weighted by Crippen LogP contribution is 2.24. The van der Waals surface area contributed by atoms with E-state index in [2.05, 4.69) is 25.2 Å². The zero-order valence-electron chi connectivity index (χ0n) is 21.2. The SMILES string of the molecule is O=S(=O)(Nc1ccc(CCNCC(O)c2cccnc2)cc1)c1ccc(-c2noc(-c3cccc(F)c3)n2)cc1. The van der Waals surface area contributed by atoms with Crippen LogP contribution in [0.25, 0.3) is 22.8 Å². The van der Waals surface area contributed by atoms with E-state index >= 15 is 0 Å². The van der Waals surface area contributed by atoms with Gasteiger partial charge in [0, 0.05) is 41.3 Å². The van der Waals surface area contributed by atoms with Crippen LogP contribution in [-0.4, -0.2) is 41.7 Å². The number of benzene rings is 3. The molecule has 0 amide bonds. The van der Waals surface area contributed by atoms with E-state index in [1.54, 1.807) is 54.9 Å². The number of nitrogens with zero attached hydrogens (tertiary/aromatic N) is 3. The molecular formula is C29H26FN5O4S. The molecule has 2 heterocycles. The topological polar surface area (TPSA) is 130 Å². The molecule has 11 heteroatoms. The quantitative estimate of drug-likeness (QED) is 0.200. The lowest BCUT2D eigenvalue weighted by atomic mass is 10.1. The van der Waals surface area contributed by atoms with E-state index in [9.17, 15) is 17.9 Å². The highest BCUT2D eigenvalue weighted by Gasteiger charge is 2.16. The number of pyridine rings is 1. The summed E-state index contributed by atoms with van der Waals surface area (Å²) in [6, 6.07) is 22.6. The van der Waals surface area contributed by atoms with Crippen LogP contribution in [0.2, 0.25) is 0 Å². The van der Waals surface area contributed by atoms with E-state index in [1.165, 1.54) is 24.3 Å². The minimum Gasteiger partial charge on any atom is -0.387 e. The van der Waals surface area contributed by atoms with Crippen LogP contribution in [-0.2, 0) is 16.4 Å². The van der Waals surface area contributed by atoms with Gasteiger partial charge < -0.3 is 14.9 Å². The summed E-state index contributed by atoms with van der Waals surface area (Å²) in [6.45, 7) is 1.06. The molecule has 0 aliphatic carbocycles. The predicted octanol–water partition coefficient (Wildman–Crippen LogP) is 4.60. The molecule has 9 nitrogen and oxygen atoms in total. The Bertz CT molecular complexity index is 1660. The number of rotatable bonds is 11. The van der Waals surface area contributed by atoms with Crippen molar-refractivity contribution in [3.8, 4) is 22.8 Å². The van der Waals surface area contributed by atoms with Crippen LogP contribution in [0.3, 0.4) is 0 Å². The van der Waals surface area contributed by atoms with Gasteiger partial charge in [-0.2, -0.15) is 4.98 Å². The Labute approximate surface area is 230 Å². The van der Waals surface area contributed by atoms with Crippen molar-refractivity contribution in [1.82, 2.24) is 20.4 Å². The molecule has 0 saturated heterocycles. The molecule has 0 bridgehead atoms. The van der Waals surface area contributed by atoms with Crippen LogP contribution < -0.4 is 10.0 Å². The fourth-order valence-corrected chi connectivity index (χ4v) is 5.04. The zero-order chi connectivity index (χ0) is 28.0. The summed E-state index contributed by atoms with van der Waals surface area (Å²) in [5.41, 5.74) is 3.21. The van der Waals surface area contributed by atoms with Crippen LogP contribution >= 0.6 is 0 Å². The predicted molar refractivity (Wildman–Crippen MR) is 148 cm³/mol. The van der Waals surface area contributed by atoms with Crippen molar-refractivity contribution in [3.05, 3.63) is 114 Å². The molecular weight excluding hydrogens is 533 g/mol. The summed E-state index contributed by atoms with van der Waals surface area (Å²) in [4.78, 5) is 8.36. The van der Waals surface area contributed by atoms with Gasteiger partial charge in [-0.1, -0.05) is 29.4 Å². The highest BCUT2D eigenvalue weighted by atomic mass is 32.2. The molecule has 0 aliphatic rings. The van der Waals surface area contributed by atoms with Crippen molar-refractivity contribution in [1.29, 1.82) is 0 Å². The standard InChI is InChI=1S/C29H26FN5O4S/c30-24-5-1-3-22(17-24)29-33-28(34-39-29)21-8-12-26(13-9-21)40(37,38)35-25-10-6-20(7-11-25)14-16-32-19-27(36)23-4-2-15-31-18-23/h1-13,15,17-18,27,32,35-36H,14,16,19H2. The second kappa shape index (κ2) is 12.2. The average Bonchev–Trinajstić information content (AvgIpc) is 3.47. The lowest BCUT2D eigenvalue weighted by Gasteiger charge is -2.12. The molecule has 3 N–H and O–H groups in total. The average molecular weight is 560 g/mol. The monoisotopic (exact) mass is 559 g/mol. The molecule has 0 saturated carbocycles.